The van der Waals surface area contributed by atoms with Crippen molar-refractivity contribution in [3.63, 3.8) is 0 Å². The largest absolute Gasteiger partial charge is 0.340 e. The smallest absolute Gasteiger partial charge is 0.248 e. The summed E-state index contributed by atoms with van der Waals surface area (Å²) in [6.45, 7) is 7.84. The molecule has 2 unspecified atom stereocenters. The standard InChI is InChI=1S/C12H20N2O2/c1-5-7-8-14-9(3)10(15)13-12(4,6-2)11(14)16/h5,7,9H,6,8H2,1-4H3,(H,13,15)/b7-5+. The van der Waals surface area contributed by atoms with Gasteiger partial charge in [-0.1, -0.05) is 19.1 Å². The summed E-state index contributed by atoms with van der Waals surface area (Å²) in [6, 6.07) is -0.386. The van der Waals surface area contributed by atoms with Gasteiger partial charge in [-0.25, -0.2) is 0 Å². The zero-order chi connectivity index (χ0) is 12.3. The van der Waals surface area contributed by atoms with E-state index in [0.717, 1.165) is 0 Å². The zero-order valence-corrected chi connectivity index (χ0v) is 10.4. The molecule has 2 amide bonds. The van der Waals surface area contributed by atoms with Crippen molar-refractivity contribution in [3.05, 3.63) is 12.2 Å². The second-order valence-electron chi connectivity index (χ2n) is 4.38. The van der Waals surface area contributed by atoms with Gasteiger partial charge in [0.05, 0.1) is 0 Å². The molecule has 1 fully saturated rings. The lowest BCUT2D eigenvalue weighted by Gasteiger charge is -2.42. The Bertz CT molecular complexity index is 325. The zero-order valence-electron chi connectivity index (χ0n) is 10.4. The third kappa shape index (κ3) is 2.10. The number of hydrogen-bond donors (Lipinski definition) is 1. The van der Waals surface area contributed by atoms with Crippen LogP contribution in [-0.4, -0.2) is 34.8 Å². The summed E-state index contributed by atoms with van der Waals surface area (Å²) in [4.78, 5) is 25.6. The van der Waals surface area contributed by atoms with Gasteiger partial charge in [0.1, 0.15) is 11.6 Å². The highest BCUT2D eigenvalue weighted by atomic mass is 16.2. The van der Waals surface area contributed by atoms with Crippen LogP contribution in [0.25, 0.3) is 0 Å². The second kappa shape index (κ2) is 4.68. The van der Waals surface area contributed by atoms with E-state index in [-0.39, 0.29) is 17.9 Å². The fourth-order valence-electron chi connectivity index (χ4n) is 1.76. The highest BCUT2D eigenvalue weighted by Gasteiger charge is 2.44. The van der Waals surface area contributed by atoms with Gasteiger partial charge in [0.2, 0.25) is 11.8 Å². The average molecular weight is 224 g/mol. The number of rotatable bonds is 3. The third-order valence-electron chi connectivity index (χ3n) is 3.22. The summed E-state index contributed by atoms with van der Waals surface area (Å²) in [5, 5.41) is 2.79. The Balaban J connectivity index is 2.95. The van der Waals surface area contributed by atoms with Crippen molar-refractivity contribution in [1.82, 2.24) is 10.2 Å². The molecule has 0 radical (unpaired) electrons. The van der Waals surface area contributed by atoms with E-state index in [1.54, 1.807) is 18.7 Å². The summed E-state index contributed by atoms with van der Waals surface area (Å²) in [7, 11) is 0. The molecule has 0 bridgehead atoms. The van der Waals surface area contributed by atoms with Gasteiger partial charge in [0.15, 0.2) is 0 Å². The Kier molecular flexibility index (Phi) is 3.73. The van der Waals surface area contributed by atoms with Gasteiger partial charge in [0.25, 0.3) is 0 Å². The highest BCUT2D eigenvalue weighted by molar-refractivity contribution is 5.99. The van der Waals surface area contributed by atoms with E-state index in [0.29, 0.717) is 13.0 Å². The van der Waals surface area contributed by atoms with Crippen LogP contribution in [0.5, 0.6) is 0 Å². The van der Waals surface area contributed by atoms with E-state index < -0.39 is 5.54 Å². The van der Waals surface area contributed by atoms with Crippen LogP contribution in [0.4, 0.5) is 0 Å². The first-order valence-electron chi connectivity index (χ1n) is 5.70. The van der Waals surface area contributed by atoms with Crippen molar-refractivity contribution in [2.24, 2.45) is 0 Å². The predicted molar refractivity (Wildman–Crippen MR) is 62.8 cm³/mol. The van der Waals surface area contributed by atoms with Gasteiger partial charge < -0.3 is 10.2 Å². The minimum atomic E-state index is -0.745. The van der Waals surface area contributed by atoms with Gasteiger partial charge >= 0.3 is 0 Å². The van der Waals surface area contributed by atoms with Crippen molar-refractivity contribution in [2.75, 3.05) is 6.54 Å². The molecule has 0 spiro atoms. The van der Waals surface area contributed by atoms with Gasteiger partial charge in [-0.3, -0.25) is 9.59 Å². The monoisotopic (exact) mass is 224 g/mol. The van der Waals surface area contributed by atoms with E-state index in [1.807, 2.05) is 26.0 Å². The van der Waals surface area contributed by atoms with E-state index in [9.17, 15) is 9.59 Å². The molecular formula is C12H20N2O2. The lowest BCUT2D eigenvalue weighted by molar-refractivity contribution is -0.153. The van der Waals surface area contributed by atoms with E-state index >= 15 is 0 Å². The van der Waals surface area contributed by atoms with Crippen LogP contribution in [0, 0.1) is 0 Å². The topological polar surface area (TPSA) is 49.4 Å². The lowest BCUT2D eigenvalue weighted by Crippen LogP contribution is -2.68. The first-order valence-corrected chi connectivity index (χ1v) is 5.70. The van der Waals surface area contributed by atoms with Crippen LogP contribution in [0.2, 0.25) is 0 Å². The number of carbonyl (C=O) groups excluding carboxylic acids is 2. The van der Waals surface area contributed by atoms with Crippen LogP contribution in [0.3, 0.4) is 0 Å². The van der Waals surface area contributed by atoms with Crippen LogP contribution < -0.4 is 5.32 Å². The Morgan fingerprint density at radius 1 is 1.50 bits per heavy atom. The highest BCUT2D eigenvalue weighted by Crippen LogP contribution is 2.21. The molecule has 0 aromatic carbocycles. The maximum absolute atomic E-state index is 12.2. The lowest BCUT2D eigenvalue weighted by atomic mass is 9.92. The van der Waals surface area contributed by atoms with Crippen molar-refractivity contribution >= 4 is 11.8 Å². The molecule has 0 aliphatic carbocycles. The second-order valence-corrected chi connectivity index (χ2v) is 4.38. The maximum Gasteiger partial charge on any atom is 0.248 e. The van der Waals surface area contributed by atoms with E-state index in [2.05, 4.69) is 5.32 Å². The molecule has 1 saturated heterocycles. The van der Waals surface area contributed by atoms with Crippen LogP contribution in [0.1, 0.15) is 34.1 Å². The molecule has 2 atom stereocenters. The van der Waals surface area contributed by atoms with Gasteiger partial charge in [0, 0.05) is 6.54 Å². The number of nitrogens with zero attached hydrogens (tertiary/aromatic N) is 1. The van der Waals surface area contributed by atoms with Crippen molar-refractivity contribution in [3.8, 4) is 0 Å². The number of amides is 2. The van der Waals surface area contributed by atoms with Crippen LogP contribution in [0.15, 0.2) is 12.2 Å². The molecule has 90 valence electrons. The van der Waals surface area contributed by atoms with Crippen molar-refractivity contribution in [2.45, 2.75) is 45.7 Å². The summed E-state index contributed by atoms with van der Waals surface area (Å²) in [5.41, 5.74) is -0.745. The third-order valence-corrected chi connectivity index (χ3v) is 3.22. The normalized spacial score (nSPS) is 31.0. The molecule has 0 aromatic heterocycles. The van der Waals surface area contributed by atoms with Crippen LogP contribution >= 0.6 is 0 Å². The number of allylic oxidation sites excluding steroid dienone is 1. The summed E-state index contributed by atoms with van der Waals surface area (Å²) >= 11 is 0. The molecule has 4 nitrogen and oxygen atoms in total. The molecule has 0 saturated carbocycles. The first kappa shape index (κ1) is 12.7. The quantitative estimate of drug-likeness (QED) is 0.729. The minimum absolute atomic E-state index is 0.000185. The molecule has 1 aliphatic heterocycles. The molecule has 4 heteroatoms. The number of carbonyl (C=O) groups is 2. The fourth-order valence-corrected chi connectivity index (χ4v) is 1.76. The molecule has 0 aromatic rings. The molecular weight excluding hydrogens is 204 g/mol. The Morgan fingerprint density at radius 2 is 2.12 bits per heavy atom. The van der Waals surface area contributed by atoms with E-state index in [1.165, 1.54) is 0 Å². The summed E-state index contributed by atoms with van der Waals surface area (Å²) in [5.74, 6) is -0.0753. The Hall–Kier alpha value is -1.32. The Labute approximate surface area is 96.7 Å². The van der Waals surface area contributed by atoms with Crippen molar-refractivity contribution < 1.29 is 9.59 Å². The summed E-state index contributed by atoms with van der Waals surface area (Å²) in [6.07, 6.45) is 4.38. The molecule has 1 heterocycles. The number of hydrogen-bond acceptors (Lipinski definition) is 2. The minimum Gasteiger partial charge on any atom is -0.340 e. The first-order chi connectivity index (χ1) is 7.46. The molecule has 1 aliphatic rings. The summed E-state index contributed by atoms with van der Waals surface area (Å²) < 4.78 is 0. The molecule has 16 heavy (non-hydrogen) atoms. The molecule has 1 rings (SSSR count). The van der Waals surface area contributed by atoms with E-state index in [4.69, 9.17) is 0 Å². The van der Waals surface area contributed by atoms with Gasteiger partial charge in [-0.05, 0) is 27.2 Å². The number of piperazine rings is 1. The Morgan fingerprint density at radius 3 is 2.62 bits per heavy atom. The number of nitrogens with one attached hydrogen (secondary N) is 1. The van der Waals surface area contributed by atoms with Crippen LogP contribution in [-0.2, 0) is 9.59 Å². The van der Waals surface area contributed by atoms with Gasteiger partial charge in [-0.15, -0.1) is 0 Å². The van der Waals surface area contributed by atoms with Gasteiger partial charge in [-0.2, -0.15) is 0 Å². The van der Waals surface area contributed by atoms with Crippen molar-refractivity contribution in [1.29, 1.82) is 0 Å². The SMILES string of the molecule is C/C=C/CN1C(=O)C(C)(CC)NC(=O)C1C. The fraction of sp³-hybridized carbons (Fsp3) is 0.667. The predicted octanol–water partition coefficient (Wildman–Crippen LogP) is 1.08. The molecule has 1 N–H and O–H groups in total. The maximum atomic E-state index is 12.2. The average Bonchev–Trinajstić information content (AvgIpc) is 2.27.